The Labute approximate surface area is 108 Å². The number of phenols is 1. The zero-order chi connectivity index (χ0) is 12.5. The van der Waals surface area contributed by atoms with Crippen LogP contribution in [0.25, 0.3) is 22.3 Å². The Bertz CT molecular complexity index is 716. The summed E-state index contributed by atoms with van der Waals surface area (Å²) in [5, 5.41) is 10.4. The SMILES string of the molecule is Oc1ccc2nc(-c3cccnc3)nc(Cl)c2c1. The third-order valence-electron chi connectivity index (χ3n) is 2.55. The lowest BCUT2D eigenvalue weighted by atomic mass is 10.2. The van der Waals surface area contributed by atoms with E-state index in [1.807, 2.05) is 12.1 Å². The van der Waals surface area contributed by atoms with Gasteiger partial charge in [0.2, 0.25) is 0 Å². The van der Waals surface area contributed by atoms with Gasteiger partial charge < -0.3 is 5.11 Å². The monoisotopic (exact) mass is 257 g/mol. The van der Waals surface area contributed by atoms with Crippen LogP contribution in [0.4, 0.5) is 0 Å². The van der Waals surface area contributed by atoms with Gasteiger partial charge in [-0.05, 0) is 30.3 Å². The summed E-state index contributed by atoms with van der Waals surface area (Å²) in [5.74, 6) is 0.661. The number of aromatic nitrogens is 3. The molecule has 2 aromatic heterocycles. The van der Waals surface area contributed by atoms with Crippen molar-refractivity contribution in [3.8, 4) is 17.1 Å². The van der Waals surface area contributed by atoms with Gasteiger partial charge in [-0.3, -0.25) is 4.98 Å². The van der Waals surface area contributed by atoms with Crippen molar-refractivity contribution in [2.45, 2.75) is 0 Å². The maximum Gasteiger partial charge on any atom is 0.163 e. The molecule has 3 aromatic rings. The first-order valence-electron chi connectivity index (χ1n) is 5.31. The van der Waals surface area contributed by atoms with E-state index in [1.165, 1.54) is 0 Å². The highest BCUT2D eigenvalue weighted by molar-refractivity contribution is 6.34. The topological polar surface area (TPSA) is 58.9 Å². The van der Waals surface area contributed by atoms with Crippen molar-refractivity contribution in [2.75, 3.05) is 0 Å². The van der Waals surface area contributed by atoms with Crippen molar-refractivity contribution in [1.82, 2.24) is 15.0 Å². The Kier molecular flexibility index (Phi) is 2.57. The number of hydrogen-bond donors (Lipinski definition) is 1. The van der Waals surface area contributed by atoms with Crippen LogP contribution in [-0.2, 0) is 0 Å². The molecule has 0 spiro atoms. The third-order valence-corrected chi connectivity index (χ3v) is 2.84. The number of nitrogens with zero attached hydrogens (tertiary/aromatic N) is 3. The van der Waals surface area contributed by atoms with Crippen molar-refractivity contribution >= 4 is 22.5 Å². The van der Waals surface area contributed by atoms with Crippen LogP contribution in [-0.4, -0.2) is 20.1 Å². The van der Waals surface area contributed by atoms with Crippen LogP contribution in [0.5, 0.6) is 5.75 Å². The lowest BCUT2D eigenvalue weighted by Gasteiger charge is -2.04. The minimum atomic E-state index is 0.141. The predicted octanol–water partition coefficient (Wildman–Crippen LogP) is 3.05. The molecule has 18 heavy (non-hydrogen) atoms. The Morgan fingerprint density at radius 2 is 2.00 bits per heavy atom. The Morgan fingerprint density at radius 3 is 2.78 bits per heavy atom. The van der Waals surface area contributed by atoms with Gasteiger partial charge >= 0.3 is 0 Å². The molecular formula is C13H8ClN3O. The number of pyridine rings is 1. The lowest BCUT2D eigenvalue weighted by molar-refractivity contribution is 0.476. The largest absolute Gasteiger partial charge is 0.508 e. The van der Waals surface area contributed by atoms with Crippen molar-refractivity contribution in [1.29, 1.82) is 0 Å². The van der Waals surface area contributed by atoms with E-state index in [4.69, 9.17) is 11.6 Å². The number of rotatable bonds is 1. The Balaban J connectivity index is 2.25. The predicted molar refractivity (Wildman–Crippen MR) is 69.4 cm³/mol. The van der Waals surface area contributed by atoms with E-state index in [2.05, 4.69) is 15.0 Å². The molecule has 0 amide bonds. The number of benzene rings is 1. The second kappa shape index (κ2) is 4.23. The standard InChI is InChI=1S/C13H8ClN3O/c14-12-10-6-9(18)3-4-11(10)16-13(17-12)8-2-1-5-15-7-8/h1-7,18H. The van der Waals surface area contributed by atoms with E-state index in [1.54, 1.807) is 30.6 Å². The molecule has 5 heteroatoms. The average Bonchev–Trinajstić information content (AvgIpc) is 2.40. The molecule has 88 valence electrons. The fourth-order valence-corrected chi connectivity index (χ4v) is 1.93. The molecule has 0 aliphatic rings. The van der Waals surface area contributed by atoms with Gasteiger partial charge in [0, 0.05) is 23.3 Å². The number of aromatic hydroxyl groups is 1. The fraction of sp³-hybridized carbons (Fsp3) is 0. The van der Waals surface area contributed by atoms with E-state index >= 15 is 0 Å². The van der Waals surface area contributed by atoms with E-state index < -0.39 is 0 Å². The molecule has 0 fully saturated rings. The molecule has 0 atom stereocenters. The molecule has 4 nitrogen and oxygen atoms in total. The van der Waals surface area contributed by atoms with Crippen LogP contribution in [0.15, 0.2) is 42.7 Å². The van der Waals surface area contributed by atoms with Crippen LogP contribution in [0.1, 0.15) is 0 Å². The van der Waals surface area contributed by atoms with Crippen LogP contribution >= 0.6 is 11.6 Å². The van der Waals surface area contributed by atoms with E-state index in [0.29, 0.717) is 21.9 Å². The second-order valence-electron chi connectivity index (χ2n) is 3.78. The normalized spacial score (nSPS) is 10.7. The number of halogens is 1. The van der Waals surface area contributed by atoms with Crippen LogP contribution in [0.3, 0.4) is 0 Å². The van der Waals surface area contributed by atoms with Gasteiger partial charge in [-0.1, -0.05) is 11.6 Å². The summed E-state index contributed by atoms with van der Waals surface area (Å²) in [6.45, 7) is 0. The summed E-state index contributed by atoms with van der Waals surface area (Å²) in [6, 6.07) is 8.50. The van der Waals surface area contributed by atoms with Gasteiger partial charge in [-0.2, -0.15) is 0 Å². The highest BCUT2D eigenvalue weighted by Gasteiger charge is 2.08. The molecule has 1 aromatic carbocycles. The molecule has 0 aliphatic carbocycles. The molecule has 0 unspecified atom stereocenters. The molecule has 2 heterocycles. The van der Waals surface area contributed by atoms with Crippen molar-refractivity contribution in [3.63, 3.8) is 0 Å². The third kappa shape index (κ3) is 1.87. The summed E-state index contributed by atoms with van der Waals surface area (Å²) in [7, 11) is 0. The number of hydrogen-bond acceptors (Lipinski definition) is 4. The highest BCUT2D eigenvalue weighted by Crippen LogP contribution is 2.26. The molecule has 1 N–H and O–H groups in total. The quantitative estimate of drug-likeness (QED) is 0.681. The number of phenolic OH excluding ortho intramolecular Hbond substituents is 1. The zero-order valence-electron chi connectivity index (χ0n) is 9.21. The minimum Gasteiger partial charge on any atom is -0.508 e. The summed E-state index contributed by atoms with van der Waals surface area (Å²) >= 11 is 6.10. The first-order valence-corrected chi connectivity index (χ1v) is 5.68. The van der Waals surface area contributed by atoms with Gasteiger partial charge in [0.25, 0.3) is 0 Å². The average molecular weight is 258 g/mol. The van der Waals surface area contributed by atoms with Crippen molar-refractivity contribution in [3.05, 3.63) is 47.9 Å². The highest BCUT2D eigenvalue weighted by atomic mass is 35.5. The van der Waals surface area contributed by atoms with Crippen molar-refractivity contribution in [2.24, 2.45) is 0 Å². The van der Waals surface area contributed by atoms with Gasteiger partial charge in [-0.15, -0.1) is 0 Å². The molecule has 0 radical (unpaired) electrons. The summed E-state index contributed by atoms with van der Waals surface area (Å²) in [4.78, 5) is 12.6. The van der Waals surface area contributed by atoms with Gasteiger partial charge in [0.05, 0.1) is 5.52 Å². The molecule has 0 saturated carbocycles. The molecule has 0 aliphatic heterocycles. The number of fused-ring (bicyclic) bond motifs is 1. The Hall–Kier alpha value is -2.20. The minimum absolute atomic E-state index is 0.141. The summed E-state index contributed by atoms with van der Waals surface area (Å²) in [5.41, 5.74) is 1.49. The molecule has 3 rings (SSSR count). The van der Waals surface area contributed by atoms with Crippen LogP contribution in [0.2, 0.25) is 5.15 Å². The van der Waals surface area contributed by atoms with Gasteiger partial charge in [0.15, 0.2) is 5.82 Å². The van der Waals surface area contributed by atoms with E-state index in [0.717, 1.165) is 5.56 Å². The summed E-state index contributed by atoms with van der Waals surface area (Å²) < 4.78 is 0. The summed E-state index contributed by atoms with van der Waals surface area (Å²) in [6.07, 6.45) is 3.36. The van der Waals surface area contributed by atoms with Gasteiger partial charge in [0.1, 0.15) is 10.9 Å². The van der Waals surface area contributed by atoms with Crippen LogP contribution in [0, 0.1) is 0 Å². The first kappa shape index (κ1) is 10.9. The Morgan fingerprint density at radius 1 is 1.11 bits per heavy atom. The van der Waals surface area contributed by atoms with E-state index in [9.17, 15) is 5.11 Å². The van der Waals surface area contributed by atoms with Crippen LogP contribution < -0.4 is 0 Å². The lowest BCUT2D eigenvalue weighted by Crippen LogP contribution is -1.92. The molecule has 0 saturated heterocycles. The fourth-order valence-electron chi connectivity index (χ4n) is 1.70. The maximum atomic E-state index is 9.42. The van der Waals surface area contributed by atoms with Crippen molar-refractivity contribution < 1.29 is 5.11 Å². The van der Waals surface area contributed by atoms with E-state index in [-0.39, 0.29) is 5.75 Å². The smallest absolute Gasteiger partial charge is 0.163 e. The molecular weight excluding hydrogens is 250 g/mol. The maximum absolute atomic E-state index is 9.42. The van der Waals surface area contributed by atoms with Gasteiger partial charge in [-0.25, -0.2) is 9.97 Å². The zero-order valence-corrected chi connectivity index (χ0v) is 9.96. The second-order valence-corrected chi connectivity index (χ2v) is 4.14. The first-order chi connectivity index (χ1) is 8.74. The molecule has 0 bridgehead atoms.